The minimum Gasteiger partial charge on any atom is -0.311 e. The molecular formula is C16H27N3. The zero-order valence-electron chi connectivity index (χ0n) is 12.5. The Morgan fingerprint density at radius 1 is 1.37 bits per heavy atom. The molecule has 106 valence electrons. The predicted octanol–water partition coefficient (Wildman–Crippen LogP) is 3.00. The van der Waals surface area contributed by atoms with Crippen molar-refractivity contribution in [3.63, 3.8) is 0 Å². The number of hydrogen-bond donors (Lipinski definition) is 1. The summed E-state index contributed by atoms with van der Waals surface area (Å²) < 4.78 is 0. The largest absolute Gasteiger partial charge is 0.311 e. The maximum Gasteiger partial charge on any atom is 0.0572 e. The van der Waals surface area contributed by atoms with Gasteiger partial charge in [-0.05, 0) is 45.2 Å². The van der Waals surface area contributed by atoms with Crippen LogP contribution in [0.1, 0.15) is 51.8 Å². The predicted molar refractivity (Wildman–Crippen MR) is 80.1 cm³/mol. The fourth-order valence-corrected chi connectivity index (χ4v) is 2.88. The van der Waals surface area contributed by atoms with Gasteiger partial charge in [-0.15, -0.1) is 0 Å². The summed E-state index contributed by atoms with van der Waals surface area (Å²) in [6, 6.07) is 7.91. The molecule has 1 aliphatic heterocycles. The highest BCUT2D eigenvalue weighted by atomic mass is 15.2. The molecule has 1 aromatic rings. The van der Waals surface area contributed by atoms with Gasteiger partial charge in [0.2, 0.25) is 0 Å². The monoisotopic (exact) mass is 261 g/mol. The molecule has 0 bridgehead atoms. The number of pyridine rings is 1. The first-order valence-corrected chi connectivity index (χ1v) is 7.61. The Hall–Kier alpha value is -0.930. The van der Waals surface area contributed by atoms with E-state index in [1.54, 1.807) is 0 Å². The minimum absolute atomic E-state index is 0.420. The summed E-state index contributed by atoms with van der Waals surface area (Å²) in [4.78, 5) is 7.09. The quantitative estimate of drug-likeness (QED) is 0.906. The first-order chi connectivity index (χ1) is 9.20. The Bertz CT molecular complexity index is 366. The van der Waals surface area contributed by atoms with Crippen molar-refractivity contribution in [3.8, 4) is 0 Å². The first kappa shape index (κ1) is 14.5. The smallest absolute Gasteiger partial charge is 0.0572 e. The van der Waals surface area contributed by atoms with E-state index >= 15 is 0 Å². The van der Waals surface area contributed by atoms with E-state index in [2.05, 4.69) is 48.1 Å². The topological polar surface area (TPSA) is 28.2 Å². The van der Waals surface area contributed by atoms with Crippen LogP contribution in [-0.4, -0.2) is 35.1 Å². The molecule has 3 atom stereocenters. The van der Waals surface area contributed by atoms with E-state index in [-0.39, 0.29) is 0 Å². The van der Waals surface area contributed by atoms with Crippen molar-refractivity contribution in [1.82, 2.24) is 15.2 Å². The Morgan fingerprint density at radius 2 is 2.16 bits per heavy atom. The highest BCUT2D eigenvalue weighted by molar-refractivity contribution is 5.08. The van der Waals surface area contributed by atoms with Crippen molar-refractivity contribution in [3.05, 3.63) is 30.1 Å². The normalized spacial score (nSPS) is 27.5. The van der Waals surface area contributed by atoms with Crippen LogP contribution in [0, 0.1) is 0 Å². The molecule has 0 saturated carbocycles. The molecule has 2 heterocycles. The lowest BCUT2D eigenvalue weighted by Gasteiger charge is -2.35. The second-order valence-electron chi connectivity index (χ2n) is 5.72. The summed E-state index contributed by atoms with van der Waals surface area (Å²) in [6.07, 6.45) is 5.57. The Labute approximate surface area is 117 Å². The molecule has 1 fully saturated rings. The van der Waals surface area contributed by atoms with Gasteiger partial charge in [-0.1, -0.05) is 13.0 Å². The van der Waals surface area contributed by atoms with Crippen molar-refractivity contribution < 1.29 is 0 Å². The van der Waals surface area contributed by atoms with E-state index in [0.29, 0.717) is 18.1 Å². The van der Waals surface area contributed by atoms with Crippen molar-refractivity contribution in [2.45, 2.75) is 58.2 Å². The number of hydrogen-bond acceptors (Lipinski definition) is 3. The van der Waals surface area contributed by atoms with E-state index in [9.17, 15) is 0 Å². The average molecular weight is 261 g/mol. The number of rotatable bonds is 3. The van der Waals surface area contributed by atoms with Gasteiger partial charge in [0, 0.05) is 37.4 Å². The summed E-state index contributed by atoms with van der Waals surface area (Å²) in [6.45, 7) is 9.18. The maximum absolute atomic E-state index is 4.51. The maximum atomic E-state index is 4.51. The molecule has 3 unspecified atom stereocenters. The van der Waals surface area contributed by atoms with Crippen LogP contribution in [-0.2, 0) is 0 Å². The second-order valence-corrected chi connectivity index (χ2v) is 5.72. The van der Waals surface area contributed by atoms with Gasteiger partial charge < -0.3 is 5.32 Å². The summed E-state index contributed by atoms with van der Waals surface area (Å²) in [5.74, 6) is 0. The van der Waals surface area contributed by atoms with Crippen molar-refractivity contribution in [2.24, 2.45) is 0 Å². The van der Waals surface area contributed by atoms with Gasteiger partial charge >= 0.3 is 0 Å². The second kappa shape index (κ2) is 7.01. The van der Waals surface area contributed by atoms with Crippen LogP contribution in [0.2, 0.25) is 0 Å². The lowest BCUT2D eigenvalue weighted by Crippen LogP contribution is -2.44. The highest BCUT2D eigenvalue weighted by Gasteiger charge is 2.22. The van der Waals surface area contributed by atoms with E-state index in [4.69, 9.17) is 0 Å². The molecule has 0 spiro atoms. The SMILES string of the molecule is CCC1CCN(C(C)c2ccccn2)CCC(C)N1. The van der Waals surface area contributed by atoms with Gasteiger partial charge in [0.15, 0.2) is 0 Å². The third-order valence-electron chi connectivity index (χ3n) is 4.29. The summed E-state index contributed by atoms with van der Waals surface area (Å²) in [5.41, 5.74) is 1.19. The fourth-order valence-electron chi connectivity index (χ4n) is 2.88. The molecular weight excluding hydrogens is 234 g/mol. The fraction of sp³-hybridized carbons (Fsp3) is 0.688. The molecule has 1 aromatic heterocycles. The van der Waals surface area contributed by atoms with Gasteiger partial charge in [-0.3, -0.25) is 9.88 Å². The first-order valence-electron chi connectivity index (χ1n) is 7.61. The Morgan fingerprint density at radius 3 is 2.84 bits per heavy atom. The zero-order valence-corrected chi connectivity index (χ0v) is 12.5. The molecule has 1 saturated heterocycles. The third-order valence-corrected chi connectivity index (χ3v) is 4.29. The lowest BCUT2D eigenvalue weighted by atomic mass is 10.0. The molecule has 0 aliphatic carbocycles. The molecule has 3 heteroatoms. The summed E-state index contributed by atoms with van der Waals surface area (Å²) in [5, 5.41) is 3.73. The molecule has 0 aromatic carbocycles. The van der Waals surface area contributed by atoms with Gasteiger partial charge in [0.25, 0.3) is 0 Å². The van der Waals surface area contributed by atoms with Crippen molar-refractivity contribution in [1.29, 1.82) is 0 Å². The number of aromatic nitrogens is 1. The van der Waals surface area contributed by atoms with Crippen LogP contribution >= 0.6 is 0 Å². The minimum atomic E-state index is 0.420. The molecule has 1 N–H and O–H groups in total. The van der Waals surface area contributed by atoms with E-state index < -0.39 is 0 Å². The van der Waals surface area contributed by atoms with Crippen molar-refractivity contribution >= 4 is 0 Å². The van der Waals surface area contributed by atoms with Crippen LogP contribution in [0.15, 0.2) is 24.4 Å². The summed E-state index contributed by atoms with van der Waals surface area (Å²) >= 11 is 0. The van der Waals surface area contributed by atoms with Crippen LogP contribution in [0.3, 0.4) is 0 Å². The molecule has 19 heavy (non-hydrogen) atoms. The molecule has 2 rings (SSSR count). The highest BCUT2D eigenvalue weighted by Crippen LogP contribution is 2.21. The van der Waals surface area contributed by atoms with Crippen LogP contribution in [0.5, 0.6) is 0 Å². The Balaban J connectivity index is 2.02. The Kier molecular flexibility index (Phi) is 5.34. The summed E-state index contributed by atoms with van der Waals surface area (Å²) in [7, 11) is 0. The zero-order chi connectivity index (χ0) is 13.7. The lowest BCUT2D eigenvalue weighted by molar-refractivity contribution is 0.165. The third kappa shape index (κ3) is 4.02. The van der Waals surface area contributed by atoms with Crippen molar-refractivity contribution in [2.75, 3.05) is 13.1 Å². The van der Waals surface area contributed by atoms with Crippen LogP contribution < -0.4 is 5.32 Å². The molecule has 0 radical (unpaired) electrons. The average Bonchev–Trinajstić information content (AvgIpc) is 2.43. The van der Waals surface area contributed by atoms with Crippen LogP contribution in [0.4, 0.5) is 0 Å². The van der Waals surface area contributed by atoms with Gasteiger partial charge in [0.05, 0.1) is 5.69 Å². The van der Waals surface area contributed by atoms with Crippen LogP contribution in [0.25, 0.3) is 0 Å². The van der Waals surface area contributed by atoms with Gasteiger partial charge in [-0.2, -0.15) is 0 Å². The number of nitrogens with one attached hydrogen (secondary N) is 1. The van der Waals surface area contributed by atoms with E-state index in [1.165, 1.54) is 25.0 Å². The van der Waals surface area contributed by atoms with Gasteiger partial charge in [0.1, 0.15) is 0 Å². The van der Waals surface area contributed by atoms with E-state index in [0.717, 1.165) is 13.1 Å². The molecule has 3 nitrogen and oxygen atoms in total. The van der Waals surface area contributed by atoms with E-state index in [1.807, 2.05) is 12.3 Å². The number of nitrogens with zero attached hydrogens (tertiary/aromatic N) is 2. The standard InChI is InChI=1S/C16H27N3/c1-4-15-9-12-19(11-8-13(2)18-15)14(3)16-7-5-6-10-17-16/h5-7,10,13-15,18H,4,8-9,11-12H2,1-3H3. The molecule has 1 aliphatic rings. The molecule has 0 amide bonds. The van der Waals surface area contributed by atoms with Gasteiger partial charge in [-0.25, -0.2) is 0 Å².